The zero-order valence-electron chi connectivity index (χ0n) is 22.4. The first-order valence-corrected chi connectivity index (χ1v) is 12.9. The Morgan fingerprint density at radius 2 is 0.865 bits per heavy atom. The molecule has 6 N–H and O–H groups in total. The molecule has 0 aliphatic carbocycles. The number of hydrogen-bond acceptors (Lipinski definition) is 6. The molecule has 0 fully saturated rings. The van der Waals surface area contributed by atoms with Crippen LogP contribution in [0.4, 0.5) is 0 Å². The van der Waals surface area contributed by atoms with Crippen molar-refractivity contribution in [3.63, 3.8) is 0 Å². The molecule has 0 aromatic heterocycles. The highest BCUT2D eigenvalue weighted by Crippen LogP contribution is 2.06. The predicted octanol–water partition coefficient (Wildman–Crippen LogP) is 1.18. The van der Waals surface area contributed by atoms with Crippen LogP contribution in [0.3, 0.4) is 0 Å². The van der Waals surface area contributed by atoms with Gasteiger partial charge in [-0.2, -0.15) is 0 Å². The normalized spacial score (nSPS) is 12.5. The lowest BCUT2D eigenvalue weighted by atomic mass is 10.0. The summed E-state index contributed by atoms with van der Waals surface area (Å²) in [6, 6.07) is -1.44. The van der Waals surface area contributed by atoms with Crippen LogP contribution >= 0.6 is 0 Å². The zero-order chi connectivity index (χ0) is 28.4. The number of nitrogens with one attached hydrogen (secondary N) is 4. The lowest BCUT2D eigenvalue weighted by Crippen LogP contribution is -2.50. The first-order chi connectivity index (χ1) is 17.3. The van der Waals surface area contributed by atoms with Crippen molar-refractivity contribution in [2.75, 3.05) is 13.1 Å². The Balaban J connectivity index is 4.12. The standard InChI is InChI=1S/C25H44N4O8/c1-16(2)22(28-18(30)10-12-20(32)33)24(36)26-14-8-6-5-7-9-15-27-25(37)23(17(3)4)29-19(31)11-13-21(34)35/h16-17,22-23H,5-15H2,1-4H3,(H,26,36)(H,27,37)(H,28,30)(H,29,31)(H,32,33)(H,34,35). The number of aliphatic carboxylic acids is 2. The summed E-state index contributed by atoms with van der Waals surface area (Å²) in [5, 5.41) is 28.2. The lowest BCUT2D eigenvalue weighted by molar-refractivity contribution is -0.139. The number of hydrogen-bond donors (Lipinski definition) is 6. The van der Waals surface area contributed by atoms with E-state index in [-0.39, 0.29) is 49.3 Å². The molecule has 12 nitrogen and oxygen atoms in total. The van der Waals surface area contributed by atoms with Crippen LogP contribution in [0.25, 0.3) is 0 Å². The Bertz CT molecular complexity index is 708. The highest BCUT2D eigenvalue weighted by Gasteiger charge is 2.25. The molecular weight excluding hydrogens is 484 g/mol. The SMILES string of the molecule is CC(C)C(NC(=O)CCC(=O)O)C(=O)NCCCCCCCNC(=O)C(NC(=O)CCC(=O)O)C(C)C. The minimum Gasteiger partial charge on any atom is -0.481 e. The van der Waals surface area contributed by atoms with Gasteiger partial charge >= 0.3 is 11.9 Å². The van der Waals surface area contributed by atoms with Crippen LogP contribution in [0, 0.1) is 11.8 Å². The largest absolute Gasteiger partial charge is 0.481 e. The zero-order valence-corrected chi connectivity index (χ0v) is 22.4. The highest BCUT2D eigenvalue weighted by atomic mass is 16.4. The molecular formula is C25H44N4O8. The maximum absolute atomic E-state index is 12.4. The van der Waals surface area contributed by atoms with E-state index < -0.39 is 35.8 Å². The highest BCUT2D eigenvalue weighted by molar-refractivity contribution is 5.89. The molecule has 0 aromatic carbocycles. The van der Waals surface area contributed by atoms with Crippen LogP contribution in [0.2, 0.25) is 0 Å². The molecule has 4 amide bonds. The molecule has 0 heterocycles. The van der Waals surface area contributed by atoms with Gasteiger partial charge in [0.25, 0.3) is 0 Å². The first-order valence-electron chi connectivity index (χ1n) is 12.9. The van der Waals surface area contributed by atoms with Crippen LogP contribution in [-0.4, -0.2) is 71.0 Å². The quantitative estimate of drug-likeness (QED) is 0.127. The van der Waals surface area contributed by atoms with Crippen molar-refractivity contribution in [2.45, 2.75) is 97.6 Å². The van der Waals surface area contributed by atoms with Gasteiger partial charge in [-0.1, -0.05) is 47.0 Å². The Labute approximate surface area is 218 Å². The number of carboxylic acids is 2. The summed E-state index contributed by atoms with van der Waals surface area (Å²) >= 11 is 0. The van der Waals surface area contributed by atoms with E-state index >= 15 is 0 Å². The third-order valence-corrected chi connectivity index (χ3v) is 5.62. The summed E-state index contributed by atoms with van der Waals surface area (Å²) in [6.45, 7) is 8.13. The number of carbonyl (C=O) groups excluding carboxylic acids is 4. The molecule has 2 unspecified atom stereocenters. The van der Waals surface area contributed by atoms with E-state index in [4.69, 9.17) is 10.2 Å². The van der Waals surface area contributed by atoms with Gasteiger partial charge in [-0.15, -0.1) is 0 Å². The minimum atomic E-state index is -1.07. The summed E-state index contributed by atoms with van der Waals surface area (Å²) in [5.41, 5.74) is 0. The van der Waals surface area contributed by atoms with Gasteiger partial charge in [0.05, 0.1) is 12.8 Å². The summed E-state index contributed by atoms with van der Waals surface area (Å²) in [7, 11) is 0. The summed E-state index contributed by atoms with van der Waals surface area (Å²) in [4.78, 5) is 69.7. The first kappa shape index (κ1) is 33.8. The maximum atomic E-state index is 12.4. The maximum Gasteiger partial charge on any atom is 0.303 e. The van der Waals surface area contributed by atoms with Gasteiger partial charge in [-0.3, -0.25) is 28.8 Å². The minimum absolute atomic E-state index is 0.141. The molecule has 0 saturated heterocycles. The predicted molar refractivity (Wildman–Crippen MR) is 136 cm³/mol. The number of rotatable bonds is 20. The second-order valence-corrected chi connectivity index (χ2v) is 9.72. The molecule has 212 valence electrons. The molecule has 0 aliphatic rings. The second-order valence-electron chi connectivity index (χ2n) is 9.72. The van der Waals surface area contributed by atoms with Gasteiger partial charge in [0.15, 0.2) is 0 Å². The molecule has 0 saturated carbocycles. The molecule has 12 heteroatoms. The van der Waals surface area contributed by atoms with Crippen LogP contribution in [0.1, 0.15) is 85.5 Å². The van der Waals surface area contributed by atoms with Crippen LogP contribution < -0.4 is 21.3 Å². The number of carbonyl (C=O) groups is 6. The van der Waals surface area contributed by atoms with Gasteiger partial charge in [0, 0.05) is 25.9 Å². The number of amides is 4. The fraction of sp³-hybridized carbons (Fsp3) is 0.760. The molecule has 0 bridgehead atoms. The van der Waals surface area contributed by atoms with E-state index in [1.807, 2.05) is 0 Å². The summed E-state index contributed by atoms with van der Waals surface area (Å²) < 4.78 is 0. The Hall–Kier alpha value is -3.18. The van der Waals surface area contributed by atoms with E-state index in [0.717, 1.165) is 32.1 Å². The van der Waals surface area contributed by atoms with E-state index in [0.29, 0.717) is 13.1 Å². The molecule has 0 rings (SSSR count). The van der Waals surface area contributed by atoms with Gasteiger partial charge < -0.3 is 31.5 Å². The van der Waals surface area contributed by atoms with Crippen LogP contribution in [0.15, 0.2) is 0 Å². The van der Waals surface area contributed by atoms with Crippen LogP contribution in [0.5, 0.6) is 0 Å². The van der Waals surface area contributed by atoms with Crippen molar-refractivity contribution in [2.24, 2.45) is 11.8 Å². The van der Waals surface area contributed by atoms with Gasteiger partial charge in [0.2, 0.25) is 23.6 Å². The fourth-order valence-corrected chi connectivity index (χ4v) is 3.43. The van der Waals surface area contributed by atoms with Gasteiger partial charge in [-0.25, -0.2) is 0 Å². The van der Waals surface area contributed by atoms with Crippen molar-refractivity contribution in [3.8, 4) is 0 Å². The van der Waals surface area contributed by atoms with Crippen molar-refractivity contribution in [1.29, 1.82) is 0 Å². The fourth-order valence-electron chi connectivity index (χ4n) is 3.43. The molecule has 0 aliphatic heterocycles. The number of carboxylic acid groups (broad SMARTS) is 2. The van der Waals surface area contributed by atoms with Crippen LogP contribution in [-0.2, 0) is 28.8 Å². The smallest absolute Gasteiger partial charge is 0.303 e. The summed E-state index contributed by atoms with van der Waals surface area (Å²) in [5.74, 6) is -3.95. The summed E-state index contributed by atoms with van der Waals surface area (Å²) in [6.07, 6.45) is 3.25. The van der Waals surface area contributed by atoms with E-state index in [1.165, 1.54) is 0 Å². The Morgan fingerprint density at radius 1 is 0.541 bits per heavy atom. The van der Waals surface area contributed by atoms with E-state index in [1.54, 1.807) is 27.7 Å². The molecule has 0 radical (unpaired) electrons. The molecule has 0 aromatic rings. The van der Waals surface area contributed by atoms with Crippen molar-refractivity contribution < 1.29 is 39.0 Å². The molecule has 0 spiro atoms. The van der Waals surface area contributed by atoms with Crippen molar-refractivity contribution in [3.05, 3.63) is 0 Å². The monoisotopic (exact) mass is 528 g/mol. The average Bonchev–Trinajstić information content (AvgIpc) is 2.81. The molecule has 2 atom stereocenters. The Kier molecular flexibility index (Phi) is 17.4. The second kappa shape index (κ2) is 19.0. The van der Waals surface area contributed by atoms with E-state index in [9.17, 15) is 28.8 Å². The molecule has 37 heavy (non-hydrogen) atoms. The third-order valence-electron chi connectivity index (χ3n) is 5.62. The van der Waals surface area contributed by atoms with Gasteiger partial charge in [-0.05, 0) is 24.7 Å². The van der Waals surface area contributed by atoms with Gasteiger partial charge in [0.1, 0.15) is 12.1 Å². The van der Waals surface area contributed by atoms with E-state index in [2.05, 4.69) is 21.3 Å². The van der Waals surface area contributed by atoms with Crippen molar-refractivity contribution in [1.82, 2.24) is 21.3 Å². The third kappa shape index (κ3) is 17.0. The lowest BCUT2D eigenvalue weighted by Gasteiger charge is -2.22. The average molecular weight is 529 g/mol. The number of unbranched alkanes of at least 4 members (excludes halogenated alkanes) is 4. The van der Waals surface area contributed by atoms with Crippen molar-refractivity contribution >= 4 is 35.6 Å². The Morgan fingerprint density at radius 3 is 1.16 bits per heavy atom. The topological polar surface area (TPSA) is 191 Å².